The largest absolute Gasteiger partial charge is 0.398 e. The first kappa shape index (κ1) is 24.4. The molecule has 4 N–H and O–H groups in total. The summed E-state index contributed by atoms with van der Waals surface area (Å²) in [6.07, 6.45) is 11.9. The predicted octanol–water partition coefficient (Wildman–Crippen LogP) is 4.68. The Kier molecular flexibility index (Phi) is 9.30. The first-order valence-electron chi connectivity index (χ1n) is 9.88. The summed E-state index contributed by atoms with van der Waals surface area (Å²) < 4.78 is 0. The Hall–Kier alpha value is -3.60. The van der Waals surface area contributed by atoms with Crippen LogP contribution in [0, 0.1) is 0 Å². The molecule has 30 heavy (non-hydrogen) atoms. The zero-order chi connectivity index (χ0) is 22.7. The van der Waals surface area contributed by atoms with E-state index < -0.39 is 5.54 Å². The number of carbonyl (C=O) groups is 1. The zero-order valence-electron chi connectivity index (χ0n) is 18.1. The van der Waals surface area contributed by atoms with Crippen LogP contribution in [0.25, 0.3) is 0 Å². The van der Waals surface area contributed by atoms with Gasteiger partial charge in [-0.3, -0.25) is 9.69 Å². The molecule has 1 aliphatic heterocycles. The highest BCUT2D eigenvalue weighted by Crippen LogP contribution is 2.39. The molecule has 1 heterocycles. The van der Waals surface area contributed by atoms with Crippen molar-refractivity contribution in [3.63, 3.8) is 0 Å². The molecule has 0 saturated heterocycles. The summed E-state index contributed by atoms with van der Waals surface area (Å²) in [7, 11) is 0. The topological polar surface area (TPSA) is 84.7 Å². The molecule has 1 unspecified atom stereocenters. The van der Waals surface area contributed by atoms with Gasteiger partial charge in [0.25, 0.3) is 5.91 Å². The molecule has 158 valence electrons. The van der Waals surface area contributed by atoms with Gasteiger partial charge in [0, 0.05) is 5.69 Å². The molecule has 1 aromatic carbocycles. The number of hydrogen-bond donors (Lipinski definition) is 2. The van der Waals surface area contributed by atoms with Crippen LogP contribution in [0.15, 0.2) is 103 Å². The summed E-state index contributed by atoms with van der Waals surface area (Å²) in [5.41, 5.74) is 13.5. The Labute approximate surface area is 180 Å². The number of guanidine groups is 1. The molecule has 1 aliphatic rings. The van der Waals surface area contributed by atoms with Crippen molar-refractivity contribution in [3.8, 4) is 0 Å². The number of allylic oxidation sites excluding steroid dienone is 5. The number of nitrogens with zero attached hydrogens (tertiary/aromatic N) is 2. The molecule has 5 nitrogen and oxygen atoms in total. The van der Waals surface area contributed by atoms with Gasteiger partial charge in [-0.25, -0.2) is 4.99 Å². The SMILES string of the molecule is C=C/C=C(\C=C)C1(C(/C=C\C)=C/C=C)N=C(N)N(Cc2ccccc2N)C1=O.CC. The van der Waals surface area contributed by atoms with Crippen LogP contribution in [0.3, 0.4) is 0 Å². The van der Waals surface area contributed by atoms with Crippen molar-refractivity contribution >= 4 is 17.6 Å². The van der Waals surface area contributed by atoms with Crippen LogP contribution in [-0.2, 0) is 11.3 Å². The zero-order valence-corrected chi connectivity index (χ0v) is 18.1. The fourth-order valence-electron chi connectivity index (χ4n) is 3.19. The molecule has 0 aliphatic carbocycles. The standard InChI is InChI=1S/C23H26N4O.C2H6/c1-5-11-18(8-4)23(19(12-6-2)13-7-3)21(28)27(22(25)26-23)16-17-14-9-10-15-20(17)24;1-2/h5-15H,1-2,4,16,24H2,3H3,(H2,25,26);1-2H3/b13-7-,18-11+,19-12+;. The predicted molar refractivity (Wildman–Crippen MR) is 129 cm³/mol. The second kappa shape index (κ2) is 11.4. The van der Waals surface area contributed by atoms with Gasteiger partial charge in [-0.2, -0.15) is 0 Å². The molecule has 0 fully saturated rings. The Morgan fingerprint density at radius 3 is 2.23 bits per heavy atom. The molecule has 0 saturated carbocycles. The quantitative estimate of drug-likeness (QED) is 0.487. The first-order valence-corrected chi connectivity index (χ1v) is 9.88. The maximum absolute atomic E-state index is 13.7. The summed E-state index contributed by atoms with van der Waals surface area (Å²) in [4.78, 5) is 19.7. The van der Waals surface area contributed by atoms with E-state index in [0.717, 1.165) is 5.56 Å². The highest BCUT2D eigenvalue weighted by atomic mass is 16.2. The summed E-state index contributed by atoms with van der Waals surface area (Å²) in [5.74, 6) is -0.169. The summed E-state index contributed by atoms with van der Waals surface area (Å²) in [5, 5.41) is 0. The number of amides is 1. The molecule has 5 heteroatoms. The van der Waals surface area contributed by atoms with Gasteiger partial charge in [0.1, 0.15) is 0 Å². The molecule has 1 aromatic rings. The summed E-state index contributed by atoms with van der Waals surface area (Å²) in [6.45, 7) is 17.5. The van der Waals surface area contributed by atoms with Crippen LogP contribution in [0.5, 0.6) is 0 Å². The van der Waals surface area contributed by atoms with Crippen LogP contribution in [0.4, 0.5) is 5.69 Å². The van der Waals surface area contributed by atoms with Crippen molar-refractivity contribution in [2.75, 3.05) is 5.73 Å². The minimum Gasteiger partial charge on any atom is -0.398 e. The first-order chi connectivity index (χ1) is 14.5. The molecule has 1 atom stereocenters. The smallest absolute Gasteiger partial charge is 0.266 e. The normalized spacial score (nSPS) is 19.2. The number of benzene rings is 1. The number of nitrogen functional groups attached to an aromatic ring is 1. The van der Waals surface area contributed by atoms with Crippen LogP contribution < -0.4 is 11.5 Å². The number of nitrogens with two attached hydrogens (primary N) is 2. The van der Waals surface area contributed by atoms with Gasteiger partial charge in [0.15, 0.2) is 11.5 Å². The van der Waals surface area contributed by atoms with Crippen molar-refractivity contribution in [2.24, 2.45) is 10.7 Å². The van der Waals surface area contributed by atoms with Gasteiger partial charge in [-0.15, -0.1) is 0 Å². The number of carbonyl (C=O) groups excluding carboxylic acids is 1. The second-order valence-electron chi connectivity index (χ2n) is 6.19. The monoisotopic (exact) mass is 404 g/mol. The second-order valence-corrected chi connectivity index (χ2v) is 6.19. The molecule has 0 radical (unpaired) electrons. The van der Waals surface area contributed by atoms with Crippen molar-refractivity contribution in [3.05, 3.63) is 103 Å². The van der Waals surface area contributed by atoms with E-state index in [1.165, 1.54) is 4.90 Å². The highest BCUT2D eigenvalue weighted by Gasteiger charge is 2.51. The van der Waals surface area contributed by atoms with Gasteiger partial charge < -0.3 is 11.5 Å². The lowest BCUT2D eigenvalue weighted by Gasteiger charge is -2.28. The van der Waals surface area contributed by atoms with Crippen molar-refractivity contribution < 1.29 is 4.79 Å². The van der Waals surface area contributed by atoms with E-state index in [1.54, 1.807) is 36.4 Å². The summed E-state index contributed by atoms with van der Waals surface area (Å²) >= 11 is 0. The Bertz CT molecular complexity index is 921. The van der Waals surface area contributed by atoms with Crippen molar-refractivity contribution in [1.29, 1.82) is 0 Å². The number of anilines is 1. The minimum atomic E-state index is -1.36. The third-order valence-corrected chi connectivity index (χ3v) is 4.49. The van der Waals surface area contributed by atoms with E-state index >= 15 is 0 Å². The van der Waals surface area contributed by atoms with Gasteiger partial charge in [0.05, 0.1) is 6.54 Å². The van der Waals surface area contributed by atoms with Crippen LogP contribution in [-0.4, -0.2) is 22.3 Å². The molecule has 0 spiro atoms. The van der Waals surface area contributed by atoms with Gasteiger partial charge in [0.2, 0.25) is 0 Å². The lowest BCUT2D eigenvalue weighted by atomic mass is 9.80. The van der Waals surface area contributed by atoms with Gasteiger partial charge in [-0.1, -0.05) is 94.3 Å². The van der Waals surface area contributed by atoms with E-state index in [4.69, 9.17) is 11.5 Å². The average Bonchev–Trinajstić information content (AvgIpc) is 3.00. The van der Waals surface area contributed by atoms with Crippen LogP contribution in [0.1, 0.15) is 26.3 Å². The molecule has 1 amide bonds. The van der Waals surface area contributed by atoms with Crippen molar-refractivity contribution in [1.82, 2.24) is 4.90 Å². The lowest BCUT2D eigenvalue weighted by Crippen LogP contribution is -2.45. The molecule has 2 rings (SSSR count). The number of para-hydroxylation sites is 1. The van der Waals surface area contributed by atoms with E-state index in [-0.39, 0.29) is 18.4 Å². The number of hydrogen-bond acceptors (Lipinski definition) is 4. The van der Waals surface area contributed by atoms with E-state index in [0.29, 0.717) is 16.8 Å². The highest BCUT2D eigenvalue weighted by molar-refractivity contribution is 6.11. The molecule has 0 aromatic heterocycles. The van der Waals surface area contributed by atoms with E-state index in [9.17, 15) is 4.79 Å². The fourth-order valence-corrected chi connectivity index (χ4v) is 3.19. The third-order valence-electron chi connectivity index (χ3n) is 4.49. The Morgan fingerprint density at radius 1 is 1.10 bits per heavy atom. The third kappa shape index (κ3) is 4.69. The maximum atomic E-state index is 13.7. The van der Waals surface area contributed by atoms with Crippen LogP contribution >= 0.6 is 0 Å². The molecule has 0 bridgehead atoms. The average molecular weight is 405 g/mol. The fraction of sp³-hybridized carbons (Fsp3) is 0.200. The summed E-state index contributed by atoms with van der Waals surface area (Å²) in [6, 6.07) is 7.34. The van der Waals surface area contributed by atoms with Gasteiger partial charge in [-0.05, 0) is 29.7 Å². The van der Waals surface area contributed by atoms with E-state index in [2.05, 4.69) is 24.7 Å². The van der Waals surface area contributed by atoms with Crippen LogP contribution in [0.2, 0.25) is 0 Å². The van der Waals surface area contributed by atoms with E-state index in [1.807, 2.05) is 51.1 Å². The molecular formula is C25H32N4O. The lowest BCUT2D eigenvalue weighted by molar-refractivity contribution is -0.129. The van der Waals surface area contributed by atoms with Gasteiger partial charge >= 0.3 is 0 Å². The maximum Gasteiger partial charge on any atom is 0.266 e. The van der Waals surface area contributed by atoms with Crippen molar-refractivity contribution in [2.45, 2.75) is 32.9 Å². The Balaban J connectivity index is 0.00000218. The molecular weight excluding hydrogens is 372 g/mol. The number of aliphatic imine (C=N–C) groups is 1. The minimum absolute atomic E-state index is 0.115. The number of rotatable bonds is 8. The Morgan fingerprint density at radius 2 is 1.70 bits per heavy atom.